The van der Waals surface area contributed by atoms with Gasteiger partial charge in [0, 0.05) is 10.9 Å². The lowest BCUT2D eigenvalue weighted by atomic mass is 10.0. The van der Waals surface area contributed by atoms with Crippen molar-refractivity contribution in [3.63, 3.8) is 0 Å². The Morgan fingerprint density at radius 3 is 2.09 bits per heavy atom. The van der Waals surface area contributed by atoms with Crippen LogP contribution < -0.4 is 18.9 Å². The first-order valence-electron chi connectivity index (χ1n) is 10.2. The highest BCUT2D eigenvalue weighted by molar-refractivity contribution is 7.90. The molecule has 0 unspecified atom stereocenters. The number of benzene rings is 3. The van der Waals surface area contributed by atoms with Gasteiger partial charge in [-0.1, -0.05) is 18.2 Å². The van der Waals surface area contributed by atoms with E-state index in [1.165, 1.54) is 50.6 Å². The molecule has 8 nitrogen and oxygen atoms in total. The van der Waals surface area contributed by atoms with Crippen molar-refractivity contribution in [3.8, 4) is 34.3 Å². The van der Waals surface area contributed by atoms with Crippen LogP contribution in [0.3, 0.4) is 0 Å². The van der Waals surface area contributed by atoms with Crippen molar-refractivity contribution in [2.75, 3.05) is 28.4 Å². The third kappa shape index (κ3) is 3.63. The maximum absolute atomic E-state index is 13.9. The fraction of sp³-hybridized carbons (Fsp3) is 0.160. The van der Waals surface area contributed by atoms with Crippen LogP contribution >= 0.6 is 0 Å². The first-order chi connectivity index (χ1) is 16.4. The molecule has 4 aromatic rings. The first-order valence-corrected chi connectivity index (χ1v) is 11.6. The van der Waals surface area contributed by atoms with Crippen LogP contribution in [0.2, 0.25) is 0 Å². The van der Waals surface area contributed by atoms with E-state index in [0.717, 1.165) is 0 Å². The summed E-state index contributed by atoms with van der Waals surface area (Å²) in [5, 5.41) is 0.600. The maximum atomic E-state index is 13.9. The lowest BCUT2D eigenvalue weighted by Gasteiger charge is -2.19. The van der Waals surface area contributed by atoms with E-state index in [4.69, 9.17) is 18.9 Å². The summed E-state index contributed by atoms with van der Waals surface area (Å²) in [4.78, 5) is 12.2. The van der Waals surface area contributed by atoms with E-state index < -0.39 is 10.0 Å². The molecule has 0 aliphatic heterocycles. The predicted molar refractivity (Wildman–Crippen MR) is 128 cm³/mol. The number of methoxy groups -OCH3 is 4. The molecule has 0 fully saturated rings. The van der Waals surface area contributed by atoms with Gasteiger partial charge < -0.3 is 18.9 Å². The van der Waals surface area contributed by atoms with Gasteiger partial charge in [-0.05, 0) is 42.5 Å². The van der Waals surface area contributed by atoms with Gasteiger partial charge in [-0.25, -0.2) is 12.4 Å². The number of hydrogen-bond acceptors (Lipinski definition) is 7. The van der Waals surface area contributed by atoms with Gasteiger partial charge in [-0.15, -0.1) is 0 Å². The zero-order valence-electron chi connectivity index (χ0n) is 19.1. The molecule has 0 spiro atoms. The van der Waals surface area contributed by atoms with Gasteiger partial charge in [0.1, 0.15) is 5.75 Å². The van der Waals surface area contributed by atoms with E-state index in [1.807, 2.05) is 0 Å². The molecule has 1 heterocycles. The van der Waals surface area contributed by atoms with Crippen LogP contribution in [-0.2, 0) is 10.0 Å². The number of ether oxygens (including phenoxy) is 4. The molecule has 0 aliphatic carbocycles. The lowest BCUT2D eigenvalue weighted by Crippen LogP contribution is -2.15. The van der Waals surface area contributed by atoms with E-state index in [1.54, 1.807) is 42.5 Å². The van der Waals surface area contributed by atoms with Gasteiger partial charge in [-0.3, -0.25) is 4.79 Å². The Morgan fingerprint density at radius 2 is 1.50 bits per heavy atom. The van der Waals surface area contributed by atoms with E-state index in [9.17, 15) is 13.2 Å². The summed E-state index contributed by atoms with van der Waals surface area (Å²) in [5.41, 5.74) is 1.07. The quantitative estimate of drug-likeness (QED) is 0.345. The van der Waals surface area contributed by atoms with Gasteiger partial charge in [-0.2, -0.15) is 0 Å². The molecule has 176 valence electrons. The van der Waals surface area contributed by atoms with Gasteiger partial charge in [0.05, 0.1) is 50.1 Å². The summed E-state index contributed by atoms with van der Waals surface area (Å²) < 4.78 is 50.8. The van der Waals surface area contributed by atoms with Crippen molar-refractivity contribution >= 4 is 27.2 Å². The van der Waals surface area contributed by atoms with Crippen LogP contribution in [0.4, 0.5) is 0 Å². The highest BCUT2D eigenvalue weighted by Gasteiger charge is 2.29. The zero-order chi connectivity index (χ0) is 24.5. The molecule has 34 heavy (non-hydrogen) atoms. The highest BCUT2D eigenvalue weighted by Crippen LogP contribution is 2.48. The molecule has 1 aromatic heterocycles. The van der Waals surface area contributed by atoms with E-state index in [0.29, 0.717) is 22.9 Å². The topological polar surface area (TPSA) is 93.1 Å². The Kier molecular flexibility index (Phi) is 6.21. The average Bonchev–Trinajstić information content (AvgIpc) is 3.26. The molecule has 0 atom stereocenters. The van der Waals surface area contributed by atoms with Gasteiger partial charge in [0.2, 0.25) is 5.75 Å². The van der Waals surface area contributed by atoms with Crippen molar-refractivity contribution in [1.82, 2.24) is 3.97 Å². The minimum Gasteiger partial charge on any atom is -0.497 e. The summed E-state index contributed by atoms with van der Waals surface area (Å²) in [6.07, 6.45) is 0.623. The predicted octanol–water partition coefficient (Wildman–Crippen LogP) is 4.39. The third-order valence-corrected chi connectivity index (χ3v) is 7.23. The van der Waals surface area contributed by atoms with Gasteiger partial charge >= 0.3 is 0 Å². The second kappa shape index (κ2) is 9.11. The summed E-state index contributed by atoms with van der Waals surface area (Å²) in [7, 11) is 1.75. The first kappa shape index (κ1) is 23.2. The van der Waals surface area contributed by atoms with E-state index in [2.05, 4.69) is 0 Å². The average molecular weight is 482 g/mol. The van der Waals surface area contributed by atoms with Crippen molar-refractivity contribution in [2.45, 2.75) is 4.90 Å². The number of aldehydes is 1. The van der Waals surface area contributed by atoms with Crippen LogP contribution in [0.15, 0.2) is 65.6 Å². The van der Waals surface area contributed by atoms with E-state index in [-0.39, 0.29) is 39.0 Å². The van der Waals surface area contributed by atoms with Crippen LogP contribution in [0.25, 0.3) is 22.2 Å². The second-order valence-electron chi connectivity index (χ2n) is 7.26. The van der Waals surface area contributed by atoms with Crippen LogP contribution in [0.5, 0.6) is 23.0 Å². The minimum atomic E-state index is -4.07. The largest absolute Gasteiger partial charge is 0.497 e. The van der Waals surface area contributed by atoms with E-state index >= 15 is 0 Å². The molecule has 0 saturated heterocycles. The lowest BCUT2D eigenvalue weighted by molar-refractivity contribution is 0.112. The number of fused-ring (bicyclic) bond motifs is 1. The highest BCUT2D eigenvalue weighted by atomic mass is 32.2. The molecule has 3 aromatic carbocycles. The number of aromatic nitrogens is 1. The van der Waals surface area contributed by atoms with Crippen molar-refractivity contribution in [1.29, 1.82) is 0 Å². The van der Waals surface area contributed by atoms with Crippen molar-refractivity contribution < 1.29 is 32.2 Å². The third-order valence-electron chi connectivity index (χ3n) is 5.49. The molecule has 0 saturated carbocycles. The number of carbonyl (C=O) groups is 1. The summed E-state index contributed by atoms with van der Waals surface area (Å²) in [6, 6.07) is 16.3. The van der Waals surface area contributed by atoms with Gasteiger partial charge in [0.15, 0.2) is 17.8 Å². The Hall–Kier alpha value is -3.98. The standard InChI is InChI=1S/C25H23NO7S/c1-30-18-10-11-20-16(12-18)13-21(26(20)34(28,29)19-8-6-5-7-9-19)23-17(15-27)14-22(31-2)24(32-3)25(23)33-4/h5-15H,1-4H3. The summed E-state index contributed by atoms with van der Waals surface area (Å²) >= 11 is 0. The monoisotopic (exact) mass is 481 g/mol. The molecule has 9 heteroatoms. The van der Waals surface area contributed by atoms with Crippen LogP contribution in [0, 0.1) is 0 Å². The Balaban J connectivity index is 2.18. The van der Waals surface area contributed by atoms with Crippen LogP contribution in [0.1, 0.15) is 10.4 Å². The van der Waals surface area contributed by atoms with Crippen LogP contribution in [-0.4, -0.2) is 47.1 Å². The van der Waals surface area contributed by atoms with Crippen molar-refractivity contribution in [2.24, 2.45) is 0 Å². The Morgan fingerprint density at radius 1 is 0.794 bits per heavy atom. The number of rotatable bonds is 8. The molecule has 0 N–H and O–H groups in total. The Bertz CT molecular complexity index is 1470. The molecule has 0 bridgehead atoms. The molecule has 0 radical (unpaired) electrons. The molecule has 4 rings (SSSR count). The summed E-state index contributed by atoms with van der Waals surface area (Å²) in [6.45, 7) is 0. The smallest absolute Gasteiger partial charge is 0.268 e. The van der Waals surface area contributed by atoms with Crippen molar-refractivity contribution in [3.05, 3.63) is 66.2 Å². The Labute approximate surface area is 197 Å². The molecular formula is C25H23NO7S. The normalized spacial score (nSPS) is 11.3. The molecule has 0 amide bonds. The fourth-order valence-corrected chi connectivity index (χ4v) is 5.50. The summed E-state index contributed by atoms with van der Waals surface area (Å²) in [5.74, 6) is 1.24. The minimum absolute atomic E-state index is 0.0941. The maximum Gasteiger partial charge on any atom is 0.268 e. The number of nitrogens with zero attached hydrogens (tertiary/aromatic N) is 1. The zero-order valence-corrected chi connectivity index (χ0v) is 19.9. The number of hydrogen-bond donors (Lipinski definition) is 0. The SMILES string of the molecule is COc1ccc2c(c1)cc(-c1c(C=O)cc(OC)c(OC)c1OC)n2S(=O)(=O)c1ccccc1. The fourth-order valence-electron chi connectivity index (χ4n) is 3.96. The number of carbonyl (C=O) groups excluding carboxylic acids is 1. The molecule has 0 aliphatic rings. The second-order valence-corrected chi connectivity index (χ2v) is 9.05. The molecular weight excluding hydrogens is 458 g/mol. The van der Waals surface area contributed by atoms with Gasteiger partial charge in [0.25, 0.3) is 10.0 Å².